The lowest BCUT2D eigenvalue weighted by atomic mass is 9.78. The highest BCUT2D eigenvalue weighted by atomic mass is 32.2. The average Bonchev–Trinajstić information content (AvgIpc) is 2.96. The van der Waals surface area contributed by atoms with E-state index in [2.05, 4.69) is 24.5 Å². The normalized spacial score (nSPS) is 26.7. The lowest BCUT2D eigenvalue weighted by Crippen LogP contribution is -2.46. The van der Waals surface area contributed by atoms with Crippen LogP contribution in [0.2, 0.25) is 0 Å². The van der Waals surface area contributed by atoms with Crippen LogP contribution in [0.1, 0.15) is 46.0 Å². The lowest BCUT2D eigenvalue weighted by molar-refractivity contribution is -0.123. The Bertz CT molecular complexity index is 282. The van der Waals surface area contributed by atoms with Gasteiger partial charge >= 0.3 is 0 Å². The molecule has 18 heavy (non-hydrogen) atoms. The van der Waals surface area contributed by atoms with E-state index in [9.17, 15) is 4.79 Å². The van der Waals surface area contributed by atoms with Crippen LogP contribution in [0, 0.1) is 11.3 Å². The summed E-state index contributed by atoms with van der Waals surface area (Å²) in [4.78, 5) is 12.0. The largest absolute Gasteiger partial charge is 0.354 e. The van der Waals surface area contributed by atoms with E-state index in [0.717, 1.165) is 24.1 Å². The van der Waals surface area contributed by atoms with Crippen molar-refractivity contribution in [3.05, 3.63) is 0 Å². The predicted octanol–water partition coefficient (Wildman–Crippen LogP) is 2.37. The molecule has 1 saturated carbocycles. The molecule has 0 bridgehead atoms. The van der Waals surface area contributed by atoms with Crippen LogP contribution in [0.15, 0.2) is 0 Å². The fourth-order valence-electron chi connectivity index (χ4n) is 3.41. The third-order valence-corrected chi connectivity index (χ3v) is 5.12. The van der Waals surface area contributed by atoms with Gasteiger partial charge in [0.2, 0.25) is 5.91 Å². The molecule has 104 valence electrons. The quantitative estimate of drug-likeness (QED) is 0.806. The maximum absolute atomic E-state index is 12.0. The van der Waals surface area contributed by atoms with E-state index in [4.69, 9.17) is 0 Å². The fraction of sp³-hybridized carbons (Fsp3) is 0.929. The lowest BCUT2D eigenvalue weighted by Gasteiger charge is -2.31. The second-order valence-electron chi connectivity index (χ2n) is 6.29. The topological polar surface area (TPSA) is 41.1 Å². The summed E-state index contributed by atoms with van der Waals surface area (Å²) in [5, 5.41) is 6.43. The molecule has 2 aliphatic rings. The fourth-order valence-corrected chi connectivity index (χ4v) is 4.35. The Morgan fingerprint density at radius 3 is 2.72 bits per heavy atom. The second kappa shape index (κ2) is 6.29. The Kier molecular flexibility index (Phi) is 4.96. The highest BCUT2D eigenvalue weighted by molar-refractivity contribution is 7.99. The number of rotatable bonds is 5. The highest BCUT2D eigenvalue weighted by Gasteiger charge is 2.35. The Hall–Kier alpha value is -0.220. The molecule has 1 unspecified atom stereocenters. The molecular formula is C14H26N2OS. The minimum atomic E-state index is 0.0347. The van der Waals surface area contributed by atoms with Crippen LogP contribution in [-0.4, -0.2) is 30.1 Å². The van der Waals surface area contributed by atoms with Crippen LogP contribution < -0.4 is 10.6 Å². The highest BCUT2D eigenvalue weighted by Crippen LogP contribution is 2.42. The van der Waals surface area contributed by atoms with Gasteiger partial charge in [-0.15, -0.1) is 11.8 Å². The van der Waals surface area contributed by atoms with Crippen LogP contribution in [0.5, 0.6) is 0 Å². The number of hydrogen-bond donors (Lipinski definition) is 2. The van der Waals surface area contributed by atoms with Crippen LogP contribution in [0.25, 0.3) is 0 Å². The van der Waals surface area contributed by atoms with Crippen molar-refractivity contribution < 1.29 is 4.79 Å². The molecule has 1 saturated heterocycles. The maximum atomic E-state index is 12.0. The van der Waals surface area contributed by atoms with Crippen molar-refractivity contribution in [2.45, 2.75) is 52.0 Å². The van der Waals surface area contributed by atoms with E-state index in [1.807, 2.05) is 0 Å². The third kappa shape index (κ3) is 3.64. The average molecular weight is 270 g/mol. The van der Waals surface area contributed by atoms with Gasteiger partial charge in [-0.2, -0.15) is 0 Å². The molecule has 1 aliphatic heterocycles. The Labute approximate surface area is 115 Å². The van der Waals surface area contributed by atoms with Crippen LogP contribution in [-0.2, 0) is 4.79 Å². The molecule has 0 aromatic heterocycles. The molecular weight excluding hydrogens is 244 g/mol. The summed E-state index contributed by atoms with van der Waals surface area (Å²) in [7, 11) is 0. The van der Waals surface area contributed by atoms with Gasteiger partial charge in [0.1, 0.15) is 0 Å². The van der Waals surface area contributed by atoms with Crippen molar-refractivity contribution in [1.82, 2.24) is 10.6 Å². The molecule has 2 rings (SSSR count). The van der Waals surface area contributed by atoms with E-state index in [-0.39, 0.29) is 11.9 Å². The van der Waals surface area contributed by atoms with E-state index in [1.165, 1.54) is 32.1 Å². The minimum Gasteiger partial charge on any atom is -0.354 e. The van der Waals surface area contributed by atoms with Crippen LogP contribution >= 0.6 is 11.8 Å². The zero-order valence-electron chi connectivity index (χ0n) is 11.6. The first-order chi connectivity index (χ1) is 8.61. The molecule has 1 atom stereocenters. The number of carbonyl (C=O) groups is 1. The van der Waals surface area contributed by atoms with Gasteiger partial charge in [0.25, 0.3) is 0 Å². The monoisotopic (exact) mass is 270 g/mol. The summed E-state index contributed by atoms with van der Waals surface area (Å²) in [6.45, 7) is 5.46. The first-order valence-corrected chi connectivity index (χ1v) is 8.36. The molecule has 1 heterocycles. The number of hydrogen-bond acceptors (Lipinski definition) is 3. The molecule has 1 amide bonds. The minimum absolute atomic E-state index is 0.0347. The molecule has 0 radical (unpaired) electrons. The van der Waals surface area contributed by atoms with Gasteiger partial charge in [0.05, 0.1) is 6.04 Å². The number of nitrogens with one attached hydrogen (secondary N) is 2. The third-order valence-electron chi connectivity index (χ3n) is 4.18. The zero-order chi connectivity index (χ0) is 13.0. The predicted molar refractivity (Wildman–Crippen MR) is 77.6 cm³/mol. The summed E-state index contributed by atoms with van der Waals surface area (Å²) in [6, 6.07) is 0.0347. The molecule has 4 heteroatoms. The van der Waals surface area contributed by atoms with Gasteiger partial charge in [-0.1, -0.05) is 26.7 Å². The molecule has 0 aromatic carbocycles. The Balaban J connectivity index is 1.83. The number of amides is 1. The van der Waals surface area contributed by atoms with Crippen LogP contribution in [0.3, 0.4) is 0 Å². The summed E-state index contributed by atoms with van der Waals surface area (Å²) < 4.78 is 0. The van der Waals surface area contributed by atoms with Gasteiger partial charge in [0.15, 0.2) is 0 Å². The van der Waals surface area contributed by atoms with Gasteiger partial charge in [-0.05, 0) is 30.6 Å². The molecule has 2 N–H and O–H groups in total. The van der Waals surface area contributed by atoms with Gasteiger partial charge in [0, 0.05) is 18.2 Å². The number of thioether (sulfide) groups is 1. The standard InChI is InChI=1S/C14H26N2OS/c1-11(2)7-14(5-3-4-6-14)9-15-13(17)12-8-18-10-16-12/h11-12,16H,3-10H2,1-2H3,(H,15,17). The Morgan fingerprint density at radius 2 is 2.17 bits per heavy atom. The first kappa shape index (κ1) is 14.2. The van der Waals surface area contributed by atoms with Gasteiger partial charge in [-0.25, -0.2) is 0 Å². The van der Waals surface area contributed by atoms with Crippen molar-refractivity contribution in [2.24, 2.45) is 11.3 Å². The molecule has 3 nitrogen and oxygen atoms in total. The molecule has 1 aliphatic carbocycles. The van der Waals surface area contributed by atoms with Gasteiger partial charge < -0.3 is 5.32 Å². The SMILES string of the molecule is CC(C)CC1(CNC(=O)C2CSCN2)CCCC1. The maximum Gasteiger partial charge on any atom is 0.238 e. The van der Waals surface area contributed by atoms with E-state index >= 15 is 0 Å². The second-order valence-corrected chi connectivity index (χ2v) is 7.32. The molecule has 0 spiro atoms. The van der Waals surface area contributed by atoms with Crippen molar-refractivity contribution in [1.29, 1.82) is 0 Å². The summed E-state index contributed by atoms with van der Waals surface area (Å²) >= 11 is 1.81. The van der Waals surface area contributed by atoms with E-state index < -0.39 is 0 Å². The van der Waals surface area contributed by atoms with Crippen molar-refractivity contribution in [2.75, 3.05) is 18.2 Å². The van der Waals surface area contributed by atoms with E-state index in [1.54, 1.807) is 11.8 Å². The van der Waals surface area contributed by atoms with E-state index in [0.29, 0.717) is 5.41 Å². The van der Waals surface area contributed by atoms with Gasteiger partial charge in [-0.3, -0.25) is 10.1 Å². The van der Waals surface area contributed by atoms with Crippen molar-refractivity contribution >= 4 is 17.7 Å². The summed E-state index contributed by atoms with van der Waals surface area (Å²) in [5.74, 6) is 2.76. The Morgan fingerprint density at radius 1 is 1.44 bits per heavy atom. The summed E-state index contributed by atoms with van der Waals surface area (Å²) in [6.07, 6.45) is 6.50. The number of carbonyl (C=O) groups excluding carboxylic acids is 1. The molecule has 2 fully saturated rings. The smallest absolute Gasteiger partial charge is 0.238 e. The molecule has 0 aromatic rings. The first-order valence-electron chi connectivity index (χ1n) is 7.20. The summed E-state index contributed by atoms with van der Waals surface area (Å²) in [5.41, 5.74) is 0.384. The van der Waals surface area contributed by atoms with Crippen LogP contribution in [0.4, 0.5) is 0 Å². The van der Waals surface area contributed by atoms with Crippen molar-refractivity contribution in [3.8, 4) is 0 Å². The van der Waals surface area contributed by atoms with Crippen molar-refractivity contribution in [3.63, 3.8) is 0 Å². The zero-order valence-corrected chi connectivity index (χ0v) is 12.4.